The number of aromatic nitrogens is 1. The van der Waals surface area contributed by atoms with Crippen LogP contribution in [-0.4, -0.2) is 54.4 Å². The van der Waals surface area contributed by atoms with E-state index in [0.29, 0.717) is 6.54 Å². The number of nitrogens with zero attached hydrogens (tertiary/aromatic N) is 3. The second-order valence-corrected chi connectivity index (χ2v) is 5.04. The lowest BCUT2D eigenvalue weighted by Crippen LogP contribution is -2.36. The minimum absolute atomic E-state index is 0.132. The van der Waals surface area contributed by atoms with Gasteiger partial charge >= 0.3 is 0 Å². The number of carbonyl (C=O) groups excluding carboxylic acids is 1. The van der Waals surface area contributed by atoms with Crippen molar-refractivity contribution in [1.82, 2.24) is 14.8 Å². The zero-order chi connectivity index (χ0) is 15.0. The first-order chi connectivity index (χ1) is 9.58. The number of hydrogen-bond donors (Lipinski definition) is 1. The van der Waals surface area contributed by atoms with Crippen LogP contribution in [0, 0.1) is 0 Å². The van der Waals surface area contributed by atoms with Crippen LogP contribution in [0.1, 0.15) is 25.8 Å². The minimum atomic E-state index is 0.132. The van der Waals surface area contributed by atoms with Gasteiger partial charge in [0.2, 0.25) is 5.91 Å². The van der Waals surface area contributed by atoms with Crippen molar-refractivity contribution in [2.24, 2.45) is 0 Å². The minimum Gasteiger partial charge on any atom is -0.370 e. The average molecular weight is 278 g/mol. The van der Waals surface area contributed by atoms with Crippen LogP contribution < -0.4 is 5.32 Å². The predicted molar refractivity (Wildman–Crippen MR) is 82.7 cm³/mol. The molecule has 20 heavy (non-hydrogen) atoms. The number of nitrogens with one attached hydrogen (secondary N) is 1. The number of likely N-dealkylation sites (N-methyl/N-ethyl adjacent to an activating group) is 1. The van der Waals surface area contributed by atoms with E-state index in [-0.39, 0.29) is 5.91 Å². The molecule has 0 fully saturated rings. The quantitative estimate of drug-likeness (QED) is 0.788. The highest BCUT2D eigenvalue weighted by molar-refractivity contribution is 5.77. The van der Waals surface area contributed by atoms with Gasteiger partial charge in [0, 0.05) is 38.9 Å². The molecule has 112 valence electrons. The molecule has 1 aromatic rings. The summed E-state index contributed by atoms with van der Waals surface area (Å²) in [6, 6.07) is 4.00. The molecule has 5 heteroatoms. The fourth-order valence-electron chi connectivity index (χ4n) is 2.00. The Bertz CT molecular complexity index is 420. The fourth-order valence-corrected chi connectivity index (χ4v) is 2.00. The van der Waals surface area contributed by atoms with Crippen molar-refractivity contribution in [2.45, 2.75) is 26.8 Å². The zero-order valence-corrected chi connectivity index (χ0v) is 13.0. The summed E-state index contributed by atoms with van der Waals surface area (Å²) in [5.41, 5.74) is 1.13. The normalized spacial score (nSPS) is 10.7. The number of hydrogen-bond acceptors (Lipinski definition) is 4. The Morgan fingerprint density at radius 3 is 2.70 bits per heavy atom. The van der Waals surface area contributed by atoms with Gasteiger partial charge in [0.15, 0.2) is 0 Å². The number of carbonyl (C=O) groups is 1. The molecule has 0 spiro atoms. The molecule has 5 nitrogen and oxygen atoms in total. The summed E-state index contributed by atoms with van der Waals surface area (Å²) in [5.74, 6) is 1.04. The van der Waals surface area contributed by atoms with E-state index in [1.54, 1.807) is 25.2 Å². The first kappa shape index (κ1) is 16.4. The molecule has 0 saturated carbocycles. The van der Waals surface area contributed by atoms with E-state index in [4.69, 9.17) is 0 Å². The van der Waals surface area contributed by atoms with Crippen LogP contribution in [0.25, 0.3) is 0 Å². The number of amides is 1. The van der Waals surface area contributed by atoms with Crippen molar-refractivity contribution >= 4 is 11.7 Å². The zero-order valence-electron chi connectivity index (χ0n) is 13.0. The van der Waals surface area contributed by atoms with Gasteiger partial charge in [-0.3, -0.25) is 9.69 Å². The van der Waals surface area contributed by atoms with Crippen LogP contribution in [0.5, 0.6) is 0 Å². The number of rotatable bonds is 8. The number of pyridine rings is 1. The molecule has 0 aromatic carbocycles. The second-order valence-electron chi connectivity index (χ2n) is 5.04. The van der Waals surface area contributed by atoms with Crippen molar-refractivity contribution in [3.8, 4) is 0 Å². The van der Waals surface area contributed by atoms with E-state index in [2.05, 4.69) is 35.1 Å². The highest BCUT2D eigenvalue weighted by Gasteiger charge is 2.14. The van der Waals surface area contributed by atoms with Crippen LogP contribution >= 0.6 is 0 Å². The van der Waals surface area contributed by atoms with Crippen molar-refractivity contribution in [2.75, 3.05) is 39.0 Å². The van der Waals surface area contributed by atoms with E-state index >= 15 is 0 Å². The third kappa shape index (κ3) is 5.17. The number of anilines is 1. The van der Waals surface area contributed by atoms with E-state index < -0.39 is 0 Å². The van der Waals surface area contributed by atoms with Gasteiger partial charge in [-0.25, -0.2) is 4.98 Å². The summed E-state index contributed by atoms with van der Waals surface area (Å²) in [6.45, 7) is 7.11. The Balaban J connectivity index is 2.76. The van der Waals surface area contributed by atoms with Crippen LogP contribution in [0.15, 0.2) is 18.3 Å². The largest absolute Gasteiger partial charge is 0.370 e. The monoisotopic (exact) mass is 278 g/mol. The topological polar surface area (TPSA) is 48.5 Å². The molecule has 0 radical (unpaired) electrons. The Morgan fingerprint density at radius 2 is 2.10 bits per heavy atom. The molecule has 0 aliphatic rings. The van der Waals surface area contributed by atoms with E-state index in [0.717, 1.165) is 37.4 Å². The predicted octanol–water partition coefficient (Wildman–Crippen LogP) is 1.81. The third-order valence-electron chi connectivity index (χ3n) is 3.03. The standard InChI is InChI=1S/C15H26N4O/c1-5-10-19(12-14(20)18(3)4)11-13-8-7-9-17-15(13)16-6-2/h7-9H,5-6,10-12H2,1-4H3,(H,16,17). The summed E-state index contributed by atoms with van der Waals surface area (Å²) in [7, 11) is 3.58. The summed E-state index contributed by atoms with van der Waals surface area (Å²) in [6.07, 6.45) is 2.81. The average Bonchev–Trinajstić information content (AvgIpc) is 2.41. The highest BCUT2D eigenvalue weighted by atomic mass is 16.2. The van der Waals surface area contributed by atoms with Gasteiger partial charge < -0.3 is 10.2 Å². The molecule has 1 aromatic heterocycles. The highest BCUT2D eigenvalue weighted by Crippen LogP contribution is 2.14. The molecule has 1 amide bonds. The lowest BCUT2D eigenvalue weighted by atomic mass is 10.2. The van der Waals surface area contributed by atoms with E-state index in [1.807, 2.05) is 6.07 Å². The SMILES string of the molecule is CCCN(CC(=O)N(C)C)Cc1cccnc1NCC. The van der Waals surface area contributed by atoms with Gasteiger partial charge in [-0.15, -0.1) is 0 Å². The Kier molecular flexibility index (Phi) is 7.01. The van der Waals surface area contributed by atoms with Crippen molar-refractivity contribution in [1.29, 1.82) is 0 Å². The van der Waals surface area contributed by atoms with Gasteiger partial charge in [0.25, 0.3) is 0 Å². The Morgan fingerprint density at radius 1 is 1.35 bits per heavy atom. The molecular weight excluding hydrogens is 252 g/mol. The summed E-state index contributed by atoms with van der Waals surface area (Å²) < 4.78 is 0. The summed E-state index contributed by atoms with van der Waals surface area (Å²) in [4.78, 5) is 20.0. The molecule has 0 bridgehead atoms. The Hall–Kier alpha value is -1.62. The maximum absolute atomic E-state index is 11.9. The van der Waals surface area contributed by atoms with Crippen LogP contribution in [-0.2, 0) is 11.3 Å². The second kappa shape index (κ2) is 8.53. The van der Waals surface area contributed by atoms with Gasteiger partial charge in [0.05, 0.1) is 6.54 Å². The smallest absolute Gasteiger partial charge is 0.236 e. The summed E-state index contributed by atoms with van der Waals surface area (Å²) >= 11 is 0. The first-order valence-electron chi connectivity index (χ1n) is 7.18. The third-order valence-corrected chi connectivity index (χ3v) is 3.03. The molecular formula is C15H26N4O. The first-order valence-corrected chi connectivity index (χ1v) is 7.18. The van der Waals surface area contributed by atoms with Gasteiger partial charge in [0.1, 0.15) is 5.82 Å². The molecule has 0 aliphatic heterocycles. The molecule has 0 aliphatic carbocycles. The maximum atomic E-state index is 11.9. The van der Waals surface area contributed by atoms with Crippen LogP contribution in [0.2, 0.25) is 0 Å². The Labute approximate surface area is 122 Å². The van der Waals surface area contributed by atoms with Gasteiger partial charge in [-0.1, -0.05) is 13.0 Å². The van der Waals surface area contributed by atoms with E-state index in [1.165, 1.54) is 0 Å². The molecule has 0 unspecified atom stereocenters. The van der Waals surface area contributed by atoms with Gasteiger partial charge in [-0.05, 0) is 26.0 Å². The molecule has 0 saturated heterocycles. The molecule has 1 rings (SSSR count). The molecule has 1 N–H and O–H groups in total. The van der Waals surface area contributed by atoms with Crippen molar-refractivity contribution in [3.63, 3.8) is 0 Å². The fraction of sp³-hybridized carbons (Fsp3) is 0.600. The van der Waals surface area contributed by atoms with Crippen molar-refractivity contribution < 1.29 is 4.79 Å². The summed E-state index contributed by atoms with van der Waals surface area (Å²) in [5, 5.41) is 3.27. The van der Waals surface area contributed by atoms with Crippen LogP contribution in [0.3, 0.4) is 0 Å². The molecule has 0 atom stereocenters. The lowest BCUT2D eigenvalue weighted by Gasteiger charge is -2.24. The van der Waals surface area contributed by atoms with Gasteiger partial charge in [-0.2, -0.15) is 0 Å². The van der Waals surface area contributed by atoms with Crippen molar-refractivity contribution in [3.05, 3.63) is 23.9 Å². The lowest BCUT2D eigenvalue weighted by molar-refractivity contribution is -0.130. The molecule has 1 heterocycles. The van der Waals surface area contributed by atoms with Crippen LogP contribution in [0.4, 0.5) is 5.82 Å². The maximum Gasteiger partial charge on any atom is 0.236 e. The van der Waals surface area contributed by atoms with E-state index in [9.17, 15) is 4.79 Å².